The molecule has 0 aromatic carbocycles. The lowest BCUT2D eigenvalue weighted by Crippen LogP contribution is -1.79. The van der Waals surface area contributed by atoms with Crippen LogP contribution in [0.3, 0.4) is 0 Å². The van der Waals surface area contributed by atoms with E-state index in [-0.39, 0.29) is 0 Å². The molecule has 0 spiro atoms. The lowest BCUT2D eigenvalue weighted by Gasteiger charge is -1.99. The van der Waals surface area contributed by atoms with Gasteiger partial charge in [0.2, 0.25) is 0 Å². The van der Waals surface area contributed by atoms with Gasteiger partial charge in [-0.2, -0.15) is 0 Å². The molecule has 0 saturated heterocycles. The van der Waals surface area contributed by atoms with Gasteiger partial charge in [0.05, 0.1) is 0 Å². The molecular weight excluding hydrogens is 120 g/mol. The van der Waals surface area contributed by atoms with Crippen molar-refractivity contribution in [2.75, 3.05) is 0 Å². The van der Waals surface area contributed by atoms with E-state index in [0.717, 1.165) is 6.42 Å². The molecule has 0 rings (SSSR count). The monoisotopic (exact) mass is 136 g/mol. The summed E-state index contributed by atoms with van der Waals surface area (Å²) in [5, 5.41) is 0. The third-order valence-electron chi connectivity index (χ3n) is 1.42. The molecule has 0 heterocycles. The second kappa shape index (κ2) is 5.04. The Morgan fingerprint density at radius 2 is 2.10 bits per heavy atom. The SMILES string of the molecule is C=C(C)C(=CC=CC)CC. The van der Waals surface area contributed by atoms with Crippen LogP contribution in [0.4, 0.5) is 0 Å². The van der Waals surface area contributed by atoms with Crippen molar-refractivity contribution in [2.24, 2.45) is 0 Å². The molecule has 0 aliphatic heterocycles. The van der Waals surface area contributed by atoms with Gasteiger partial charge in [0, 0.05) is 0 Å². The third-order valence-corrected chi connectivity index (χ3v) is 1.42. The summed E-state index contributed by atoms with van der Waals surface area (Å²) >= 11 is 0. The van der Waals surface area contributed by atoms with Crippen LogP contribution in [-0.2, 0) is 0 Å². The highest BCUT2D eigenvalue weighted by Gasteiger charge is 1.89. The van der Waals surface area contributed by atoms with Gasteiger partial charge in [-0.05, 0) is 25.8 Å². The highest BCUT2D eigenvalue weighted by atomic mass is 14.0. The van der Waals surface area contributed by atoms with Crippen molar-refractivity contribution in [3.63, 3.8) is 0 Å². The molecule has 0 aliphatic carbocycles. The van der Waals surface area contributed by atoms with Crippen LogP contribution in [0.25, 0.3) is 0 Å². The molecule has 0 unspecified atom stereocenters. The standard InChI is InChI=1S/C10H16/c1-5-7-8-10(6-2)9(3)4/h5,7-8H,3,6H2,1-2,4H3. The Morgan fingerprint density at radius 3 is 2.40 bits per heavy atom. The minimum Gasteiger partial charge on any atom is -0.0958 e. The van der Waals surface area contributed by atoms with Gasteiger partial charge in [-0.1, -0.05) is 37.3 Å². The second-order valence-electron chi connectivity index (χ2n) is 2.35. The van der Waals surface area contributed by atoms with Crippen LogP contribution in [0.2, 0.25) is 0 Å². The first-order valence-electron chi connectivity index (χ1n) is 3.70. The average Bonchev–Trinajstić information content (AvgIpc) is 1.89. The van der Waals surface area contributed by atoms with Crippen molar-refractivity contribution in [3.05, 3.63) is 36.0 Å². The molecule has 0 radical (unpaired) electrons. The zero-order valence-corrected chi connectivity index (χ0v) is 7.15. The highest BCUT2D eigenvalue weighted by molar-refractivity contribution is 5.29. The zero-order chi connectivity index (χ0) is 7.98. The summed E-state index contributed by atoms with van der Waals surface area (Å²) in [5.41, 5.74) is 2.50. The maximum atomic E-state index is 3.88. The Kier molecular flexibility index (Phi) is 4.65. The molecule has 0 amide bonds. The molecule has 10 heavy (non-hydrogen) atoms. The smallest absolute Gasteiger partial charge is 0.0305 e. The molecule has 0 atom stereocenters. The van der Waals surface area contributed by atoms with Crippen molar-refractivity contribution in [2.45, 2.75) is 27.2 Å². The van der Waals surface area contributed by atoms with E-state index < -0.39 is 0 Å². The summed E-state index contributed by atoms with van der Waals surface area (Å²) in [6.45, 7) is 10.1. The predicted molar refractivity (Wildman–Crippen MR) is 48.0 cm³/mol. The Bertz CT molecular complexity index is 159. The van der Waals surface area contributed by atoms with Gasteiger partial charge in [0.15, 0.2) is 0 Å². The van der Waals surface area contributed by atoms with Crippen LogP contribution >= 0.6 is 0 Å². The predicted octanol–water partition coefficient (Wildman–Crippen LogP) is 3.48. The van der Waals surface area contributed by atoms with E-state index in [1.807, 2.05) is 26.0 Å². The largest absolute Gasteiger partial charge is 0.0958 e. The fraction of sp³-hybridized carbons (Fsp3) is 0.400. The topological polar surface area (TPSA) is 0 Å². The first kappa shape index (κ1) is 9.22. The summed E-state index contributed by atoms with van der Waals surface area (Å²) in [7, 11) is 0. The fourth-order valence-electron chi connectivity index (χ4n) is 0.774. The molecular formula is C10H16. The number of hydrogen-bond acceptors (Lipinski definition) is 0. The normalized spacial score (nSPS) is 12.5. The van der Waals surface area contributed by atoms with E-state index in [0.29, 0.717) is 0 Å². The molecule has 0 heteroatoms. The van der Waals surface area contributed by atoms with Gasteiger partial charge in [0.25, 0.3) is 0 Å². The number of rotatable bonds is 3. The van der Waals surface area contributed by atoms with Crippen LogP contribution in [0, 0.1) is 0 Å². The first-order chi connectivity index (χ1) is 4.72. The molecule has 0 bridgehead atoms. The highest BCUT2D eigenvalue weighted by Crippen LogP contribution is 2.10. The van der Waals surface area contributed by atoms with E-state index in [1.54, 1.807) is 0 Å². The summed E-state index contributed by atoms with van der Waals surface area (Å²) < 4.78 is 0. The van der Waals surface area contributed by atoms with Gasteiger partial charge < -0.3 is 0 Å². The Balaban J connectivity index is 4.18. The van der Waals surface area contributed by atoms with Gasteiger partial charge in [-0.15, -0.1) is 0 Å². The van der Waals surface area contributed by atoms with E-state index >= 15 is 0 Å². The third kappa shape index (κ3) is 3.29. The average molecular weight is 136 g/mol. The van der Waals surface area contributed by atoms with Gasteiger partial charge in [-0.25, -0.2) is 0 Å². The molecule has 0 aliphatic rings. The Hall–Kier alpha value is -0.780. The van der Waals surface area contributed by atoms with E-state index in [4.69, 9.17) is 0 Å². The lowest BCUT2D eigenvalue weighted by molar-refractivity contribution is 1.11. The summed E-state index contributed by atoms with van der Waals surface area (Å²) in [4.78, 5) is 0. The summed E-state index contributed by atoms with van der Waals surface area (Å²) in [6, 6.07) is 0. The first-order valence-corrected chi connectivity index (χ1v) is 3.70. The van der Waals surface area contributed by atoms with Crippen molar-refractivity contribution in [1.29, 1.82) is 0 Å². The lowest BCUT2D eigenvalue weighted by atomic mass is 10.1. The van der Waals surface area contributed by atoms with Gasteiger partial charge >= 0.3 is 0 Å². The van der Waals surface area contributed by atoms with E-state index in [1.165, 1.54) is 11.1 Å². The molecule has 0 fully saturated rings. The molecule has 0 aromatic heterocycles. The molecule has 56 valence electrons. The van der Waals surface area contributed by atoms with Crippen LogP contribution in [0.5, 0.6) is 0 Å². The van der Waals surface area contributed by atoms with Crippen molar-refractivity contribution in [1.82, 2.24) is 0 Å². The van der Waals surface area contributed by atoms with E-state index in [2.05, 4.69) is 19.6 Å². The van der Waals surface area contributed by atoms with Crippen LogP contribution in [-0.4, -0.2) is 0 Å². The minimum atomic E-state index is 1.07. The molecule has 0 nitrogen and oxygen atoms in total. The minimum absolute atomic E-state index is 1.07. The number of allylic oxidation sites excluding steroid dienone is 5. The Labute approximate surface area is 64.0 Å². The summed E-state index contributed by atoms with van der Waals surface area (Å²) in [6.07, 6.45) is 7.26. The molecule has 0 saturated carbocycles. The van der Waals surface area contributed by atoms with Crippen LogP contribution in [0.1, 0.15) is 27.2 Å². The Morgan fingerprint density at radius 1 is 1.50 bits per heavy atom. The van der Waals surface area contributed by atoms with Crippen molar-refractivity contribution >= 4 is 0 Å². The quantitative estimate of drug-likeness (QED) is 0.521. The van der Waals surface area contributed by atoms with Gasteiger partial charge in [0.1, 0.15) is 0 Å². The molecule has 0 aromatic rings. The van der Waals surface area contributed by atoms with Crippen LogP contribution in [0.15, 0.2) is 36.0 Å². The van der Waals surface area contributed by atoms with Crippen molar-refractivity contribution < 1.29 is 0 Å². The van der Waals surface area contributed by atoms with Crippen molar-refractivity contribution in [3.8, 4) is 0 Å². The summed E-state index contributed by atoms with van der Waals surface area (Å²) in [5.74, 6) is 0. The fourth-order valence-corrected chi connectivity index (χ4v) is 0.774. The zero-order valence-electron chi connectivity index (χ0n) is 7.15. The maximum absolute atomic E-state index is 3.88. The maximum Gasteiger partial charge on any atom is -0.0305 e. The number of hydrogen-bond donors (Lipinski definition) is 0. The van der Waals surface area contributed by atoms with Gasteiger partial charge in [-0.3, -0.25) is 0 Å². The molecule has 0 N–H and O–H groups in total. The second-order valence-corrected chi connectivity index (χ2v) is 2.35. The van der Waals surface area contributed by atoms with E-state index in [9.17, 15) is 0 Å². The van der Waals surface area contributed by atoms with Crippen LogP contribution < -0.4 is 0 Å².